The van der Waals surface area contributed by atoms with Crippen LogP contribution in [0.3, 0.4) is 0 Å². The van der Waals surface area contributed by atoms with Gasteiger partial charge in [-0.15, -0.1) is 0 Å². The van der Waals surface area contributed by atoms with Crippen LogP contribution >= 0.6 is 59.6 Å². The van der Waals surface area contributed by atoms with Crippen LogP contribution in [-0.4, -0.2) is 36.8 Å². The third-order valence-electron chi connectivity index (χ3n) is 1.57. The number of hydrogen-bond donors (Lipinski definition) is 6. The molecule has 27 heavy (non-hydrogen) atoms. The summed E-state index contributed by atoms with van der Waals surface area (Å²) in [6, 6.07) is 0. The van der Waals surface area contributed by atoms with Crippen LogP contribution in [0.1, 0.15) is 0 Å². The molecule has 4 unspecified atom stereocenters. The molecule has 0 radical (unpaired) electrons. The second kappa shape index (κ2) is 8.78. The topological polar surface area (TPSA) is 268 Å². The van der Waals surface area contributed by atoms with Gasteiger partial charge in [-0.3, -0.25) is 4.52 Å². The molecule has 162 valence electrons. The van der Waals surface area contributed by atoms with E-state index in [9.17, 15) is 37.2 Å². The fourth-order valence-corrected chi connectivity index (χ4v) is 10.5. The summed E-state index contributed by atoms with van der Waals surface area (Å²) in [5.74, 6) is -0.291. The van der Waals surface area contributed by atoms with Gasteiger partial charge in [0.2, 0.25) is 0 Å². The third kappa shape index (κ3) is 9.73. The van der Waals surface area contributed by atoms with Crippen molar-refractivity contribution in [1.29, 1.82) is 0 Å². The van der Waals surface area contributed by atoms with Crippen LogP contribution in [-0.2, 0) is 57.8 Å². The van der Waals surface area contributed by atoms with Crippen molar-refractivity contribution in [3.05, 3.63) is 0 Å². The van der Waals surface area contributed by atoms with Crippen LogP contribution in [0.25, 0.3) is 0 Å². The Labute approximate surface area is 154 Å². The zero-order valence-electron chi connectivity index (χ0n) is 12.1. The summed E-state index contributed by atoms with van der Waals surface area (Å²) in [6.07, 6.45) is 0. The molecule has 1 aliphatic rings. The van der Waals surface area contributed by atoms with Crippen molar-refractivity contribution in [3.8, 4) is 0 Å². The van der Waals surface area contributed by atoms with Gasteiger partial charge in [0.25, 0.3) is 0 Å². The first-order valence-corrected chi connectivity index (χ1v) is 15.1. The van der Waals surface area contributed by atoms with Crippen LogP contribution in [0, 0.1) is 0 Å². The molecular formula is C2H10O18P6S. The summed E-state index contributed by atoms with van der Waals surface area (Å²) in [7, 11) is -36.1. The van der Waals surface area contributed by atoms with Gasteiger partial charge < -0.3 is 24.5 Å². The van der Waals surface area contributed by atoms with Crippen molar-refractivity contribution in [2.24, 2.45) is 0 Å². The van der Waals surface area contributed by atoms with E-state index in [1.807, 2.05) is 0 Å². The molecule has 1 rings (SSSR count). The lowest BCUT2D eigenvalue weighted by Crippen LogP contribution is -2.05. The summed E-state index contributed by atoms with van der Waals surface area (Å²) in [6.45, 7) is -0.757. The molecule has 0 spiro atoms. The molecule has 0 bridgehead atoms. The highest BCUT2D eigenvalue weighted by Crippen LogP contribution is 2.80. The maximum Gasteiger partial charge on any atom is 0.492 e. The normalized spacial score (nSPS) is 50.4. The molecule has 5 N–H and O–H groups in total. The average molecular weight is 540 g/mol. The van der Waals surface area contributed by atoms with E-state index in [0.717, 1.165) is 0 Å². The molecule has 0 aromatic heterocycles. The van der Waals surface area contributed by atoms with Gasteiger partial charge in [0.05, 0.1) is 6.61 Å². The number of hydrogen-bond acceptors (Lipinski definition) is 14. The molecule has 0 amide bonds. The number of rotatable bonds is 3. The molecule has 1 fully saturated rings. The van der Waals surface area contributed by atoms with Gasteiger partial charge in [-0.2, -0.15) is 38.5 Å². The van der Waals surface area contributed by atoms with Gasteiger partial charge in [0, 0.05) is 5.75 Å². The second-order valence-corrected chi connectivity index (χ2v) is 14.0. The Morgan fingerprint density at radius 2 is 0.852 bits per heavy atom. The maximum atomic E-state index is 12.2. The third-order valence-corrected chi connectivity index (χ3v) is 12.1. The molecule has 0 saturated carbocycles. The lowest BCUT2D eigenvalue weighted by Gasteiger charge is -2.25. The van der Waals surface area contributed by atoms with Crippen LogP contribution in [0.2, 0.25) is 0 Å². The van der Waals surface area contributed by atoms with Gasteiger partial charge in [-0.1, -0.05) is 0 Å². The van der Waals surface area contributed by atoms with Gasteiger partial charge in [0.1, 0.15) is 0 Å². The first kappa shape index (κ1) is 26.3. The summed E-state index contributed by atoms with van der Waals surface area (Å²) < 4.78 is 95.2. The Bertz CT molecular complexity index is 785. The molecule has 0 aliphatic carbocycles. The first-order valence-electron chi connectivity index (χ1n) is 5.57. The van der Waals surface area contributed by atoms with Gasteiger partial charge in [-0.25, -0.2) is 27.4 Å². The Balaban J connectivity index is 3.44. The molecule has 18 nitrogen and oxygen atoms in total. The Kier molecular flexibility index (Phi) is 8.55. The van der Waals surface area contributed by atoms with Crippen molar-refractivity contribution in [3.63, 3.8) is 0 Å². The van der Waals surface area contributed by atoms with E-state index >= 15 is 0 Å². The zero-order chi connectivity index (χ0) is 21.4. The Morgan fingerprint density at radius 3 is 1.11 bits per heavy atom. The minimum atomic E-state index is -6.11. The van der Waals surface area contributed by atoms with E-state index in [-0.39, 0.29) is 5.75 Å². The Hall–Kier alpha value is 1.25. The lowest BCUT2D eigenvalue weighted by atomic mass is 10.9. The van der Waals surface area contributed by atoms with E-state index < -0.39 is 53.5 Å². The SMILES string of the molecule is O=P1(O)OP(=O)(O)OP(=O)(O)OP(=O)(OCCS)OP(=O)(O)OP(=O)(O)O1. The zero-order valence-corrected chi connectivity index (χ0v) is 18.3. The fraction of sp³-hybridized carbons (Fsp3) is 1.00. The quantitative estimate of drug-likeness (QED) is 0.219. The van der Waals surface area contributed by atoms with Crippen molar-refractivity contribution in [2.45, 2.75) is 0 Å². The van der Waals surface area contributed by atoms with Crippen LogP contribution in [0.15, 0.2) is 0 Å². The minimum absolute atomic E-state index is 0.291. The minimum Gasteiger partial charge on any atom is -0.302 e. The van der Waals surface area contributed by atoms with Gasteiger partial charge >= 0.3 is 46.9 Å². The highest BCUT2D eigenvalue weighted by Gasteiger charge is 2.54. The second-order valence-electron chi connectivity index (χ2n) is 3.84. The summed E-state index contributed by atoms with van der Waals surface area (Å²) in [5.41, 5.74) is 0. The molecule has 1 aliphatic heterocycles. The number of thiol groups is 1. The van der Waals surface area contributed by atoms with E-state index in [4.69, 9.17) is 14.7 Å². The molecule has 25 heteroatoms. The van der Waals surface area contributed by atoms with Crippen molar-refractivity contribution in [2.75, 3.05) is 12.4 Å². The van der Waals surface area contributed by atoms with Gasteiger partial charge in [-0.05, 0) is 0 Å². The van der Waals surface area contributed by atoms with E-state index in [0.29, 0.717) is 0 Å². The highest BCUT2D eigenvalue weighted by atomic mass is 32.1. The number of phosphoric acid groups is 6. The maximum absolute atomic E-state index is 12.2. The first-order chi connectivity index (χ1) is 11.8. The predicted molar refractivity (Wildman–Crippen MR) is 83.0 cm³/mol. The fourth-order valence-electron chi connectivity index (χ4n) is 1.06. The van der Waals surface area contributed by atoms with E-state index in [1.54, 1.807) is 0 Å². The lowest BCUT2D eigenvalue weighted by molar-refractivity contribution is 0.154. The summed E-state index contributed by atoms with van der Waals surface area (Å²) >= 11 is 3.59. The van der Waals surface area contributed by atoms with Crippen LogP contribution in [0.4, 0.5) is 0 Å². The molecule has 1 heterocycles. The van der Waals surface area contributed by atoms with Crippen molar-refractivity contribution < 1.29 is 82.2 Å². The van der Waals surface area contributed by atoms with E-state index in [1.165, 1.54) is 0 Å². The average Bonchev–Trinajstić information content (AvgIpc) is 2.26. The van der Waals surface area contributed by atoms with Crippen LogP contribution < -0.4 is 0 Å². The monoisotopic (exact) mass is 540 g/mol. The smallest absolute Gasteiger partial charge is 0.302 e. The summed E-state index contributed by atoms with van der Waals surface area (Å²) in [4.78, 5) is 45.9. The predicted octanol–water partition coefficient (Wildman–Crippen LogP) is 1.66. The molecule has 0 aromatic rings. The van der Waals surface area contributed by atoms with Gasteiger partial charge in [0.15, 0.2) is 0 Å². The molecule has 1 saturated heterocycles. The van der Waals surface area contributed by atoms with Crippen LogP contribution in [0.5, 0.6) is 0 Å². The standard InChI is InChI=1S/C2H10O18P6S/c3-21(4)15-22(5,6)17-24(9,10)19-26(13,14-1-2-27)20-25(11,12)18-23(7,8)16-21/h27H,1-2H2,(H,3,4)(H,5,6)(H,7,8)(H,9,10)(H,11,12). The van der Waals surface area contributed by atoms with Crippen molar-refractivity contribution >= 4 is 59.6 Å². The molecule has 0 aromatic carbocycles. The van der Waals surface area contributed by atoms with E-state index in [2.05, 4.69) is 43.0 Å². The van der Waals surface area contributed by atoms with Crippen molar-refractivity contribution in [1.82, 2.24) is 0 Å². The largest absolute Gasteiger partial charge is 0.492 e. The molecule has 4 atom stereocenters. The Morgan fingerprint density at radius 1 is 0.593 bits per heavy atom. The summed E-state index contributed by atoms with van der Waals surface area (Å²) in [5, 5.41) is 0. The molecular weight excluding hydrogens is 530 g/mol. The highest BCUT2D eigenvalue weighted by molar-refractivity contribution is 7.80.